The molecule has 7 heteroatoms. The molecule has 7 nitrogen and oxygen atoms in total. The van der Waals surface area contributed by atoms with Crippen LogP contribution in [0.15, 0.2) is 36.7 Å². The molecule has 3 rings (SSSR count). The summed E-state index contributed by atoms with van der Waals surface area (Å²) in [6.45, 7) is 4.82. The molecule has 0 saturated carbocycles. The third-order valence-corrected chi connectivity index (χ3v) is 3.97. The van der Waals surface area contributed by atoms with Crippen molar-refractivity contribution < 1.29 is 14.3 Å². The highest BCUT2D eigenvalue weighted by Gasteiger charge is 2.12. The van der Waals surface area contributed by atoms with Crippen LogP contribution in [0, 0.1) is 0 Å². The van der Waals surface area contributed by atoms with E-state index < -0.39 is 0 Å². The third-order valence-electron chi connectivity index (χ3n) is 3.97. The maximum atomic E-state index is 11.9. The van der Waals surface area contributed by atoms with Crippen molar-refractivity contribution in [2.75, 3.05) is 26.3 Å². The zero-order valence-electron chi connectivity index (χ0n) is 14.4. The molecule has 1 aromatic heterocycles. The van der Waals surface area contributed by atoms with Crippen LogP contribution in [0.3, 0.4) is 0 Å². The Morgan fingerprint density at radius 3 is 2.96 bits per heavy atom. The number of nitrogens with zero attached hydrogens (tertiary/aromatic N) is 2. The van der Waals surface area contributed by atoms with E-state index >= 15 is 0 Å². The van der Waals surface area contributed by atoms with E-state index in [9.17, 15) is 4.79 Å². The Morgan fingerprint density at radius 1 is 1.32 bits per heavy atom. The summed E-state index contributed by atoms with van der Waals surface area (Å²) in [5.41, 5.74) is 1.12. The molecule has 2 heterocycles. The number of fused-ring (bicyclic) bond motifs is 1. The number of benzene rings is 1. The van der Waals surface area contributed by atoms with Gasteiger partial charge in [-0.05, 0) is 37.1 Å². The standard InChI is InChI=1S/C18H24N4O3/c1-14(13-22-8-2-6-21-22)20-12-18(23)19-7-5-15-3-4-16-17(11-15)25-10-9-24-16/h2-4,6,8,11,14,20H,5,7,9-10,12-13H2,1H3,(H,19,23)/t14-/m0/s1. The van der Waals surface area contributed by atoms with Gasteiger partial charge in [0.25, 0.3) is 0 Å². The van der Waals surface area contributed by atoms with E-state index in [4.69, 9.17) is 9.47 Å². The van der Waals surface area contributed by atoms with Crippen LogP contribution in [0.5, 0.6) is 11.5 Å². The number of carbonyl (C=O) groups is 1. The summed E-state index contributed by atoms with van der Waals surface area (Å²) < 4.78 is 12.9. The minimum Gasteiger partial charge on any atom is -0.486 e. The lowest BCUT2D eigenvalue weighted by molar-refractivity contribution is -0.120. The zero-order chi connectivity index (χ0) is 17.5. The average Bonchev–Trinajstić information content (AvgIpc) is 3.13. The molecular formula is C18H24N4O3. The van der Waals surface area contributed by atoms with E-state index in [2.05, 4.69) is 15.7 Å². The first-order valence-corrected chi connectivity index (χ1v) is 8.57. The average molecular weight is 344 g/mol. The van der Waals surface area contributed by atoms with Gasteiger partial charge in [-0.2, -0.15) is 5.10 Å². The molecule has 0 unspecified atom stereocenters. The first-order chi connectivity index (χ1) is 12.2. The van der Waals surface area contributed by atoms with E-state index in [0.717, 1.165) is 30.0 Å². The summed E-state index contributed by atoms with van der Waals surface area (Å²) in [5, 5.41) is 10.3. The fraction of sp³-hybridized carbons (Fsp3) is 0.444. The number of amides is 1. The molecule has 2 N–H and O–H groups in total. The highest BCUT2D eigenvalue weighted by atomic mass is 16.6. The second-order valence-corrected chi connectivity index (χ2v) is 6.09. The van der Waals surface area contributed by atoms with Gasteiger partial charge in [-0.15, -0.1) is 0 Å². The molecule has 1 aliphatic rings. The first-order valence-electron chi connectivity index (χ1n) is 8.57. The van der Waals surface area contributed by atoms with Gasteiger partial charge in [0.1, 0.15) is 13.2 Å². The molecule has 25 heavy (non-hydrogen) atoms. The van der Waals surface area contributed by atoms with Gasteiger partial charge in [0.15, 0.2) is 11.5 Å². The molecule has 0 aliphatic carbocycles. The normalized spacial score (nSPS) is 14.1. The summed E-state index contributed by atoms with van der Waals surface area (Å²) in [4.78, 5) is 11.9. The summed E-state index contributed by atoms with van der Waals surface area (Å²) in [7, 11) is 0. The van der Waals surface area contributed by atoms with Crippen LogP contribution in [0.1, 0.15) is 12.5 Å². The molecule has 0 saturated heterocycles. The van der Waals surface area contributed by atoms with Crippen molar-refractivity contribution in [3.8, 4) is 11.5 Å². The van der Waals surface area contributed by atoms with Crippen molar-refractivity contribution >= 4 is 5.91 Å². The second kappa shape index (κ2) is 8.53. The minimum absolute atomic E-state index is 0.00939. The lowest BCUT2D eigenvalue weighted by Gasteiger charge is -2.19. The Labute approximate surface area is 147 Å². The van der Waals surface area contributed by atoms with Gasteiger partial charge in [0, 0.05) is 25.0 Å². The van der Waals surface area contributed by atoms with Crippen molar-refractivity contribution in [1.82, 2.24) is 20.4 Å². The van der Waals surface area contributed by atoms with E-state index in [0.29, 0.717) is 26.3 Å². The summed E-state index contributed by atoms with van der Waals surface area (Å²) >= 11 is 0. The fourth-order valence-electron chi connectivity index (χ4n) is 2.67. The third kappa shape index (κ3) is 5.22. The van der Waals surface area contributed by atoms with E-state index in [1.165, 1.54) is 0 Å². The van der Waals surface area contributed by atoms with Crippen LogP contribution in [0.25, 0.3) is 0 Å². The topological polar surface area (TPSA) is 77.4 Å². The predicted octanol–water partition coefficient (Wildman–Crippen LogP) is 0.991. The monoisotopic (exact) mass is 344 g/mol. The van der Waals surface area contributed by atoms with Gasteiger partial charge in [-0.25, -0.2) is 0 Å². The minimum atomic E-state index is -0.00939. The van der Waals surface area contributed by atoms with E-state index in [1.807, 2.05) is 42.1 Å². The zero-order valence-corrected chi connectivity index (χ0v) is 14.4. The highest BCUT2D eigenvalue weighted by molar-refractivity contribution is 5.78. The van der Waals surface area contributed by atoms with Crippen molar-refractivity contribution in [1.29, 1.82) is 0 Å². The first kappa shape index (κ1) is 17.3. The number of rotatable bonds is 8. The van der Waals surface area contributed by atoms with Crippen LogP contribution in [-0.4, -0.2) is 48.0 Å². The molecule has 0 spiro atoms. The van der Waals surface area contributed by atoms with Gasteiger partial charge >= 0.3 is 0 Å². The lowest BCUT2D eigenvalue weighted by atomic mass is 10.1. The van der Waals surface area contributed by atoms with Gasteiger partial charge < -0.3 is 20.1 Å². The van der Waals surface area contributed by atoms with Crippen LogP contribution in [-0.2, 0) is 17.8 Å². The molecule has 1 amide bonds. The van der Waals surface area contributed by atoms with Crippen molar-refractivity contribution in [2.45, 2.75) is 25.9 Å². The molecule has 1 aromatic carbocycles. The summed E-state index contributed by atoms with van der Waals surface area (Å²) in [6.07, 6.45) is 4.41. The van der Waals surface area contributed by atoms with Crippen molar-refractivity contribution in [2.24, 2.45) is 0 Å². The molecule has 1 aliphatic heterocycles. The van der Waals surface area contributed by atoms with Gasteiger partial charge in [0.05, 0.1) is 13.1 Å². The van der Waals surface area contributed by atoms with Crippen LogP contribution in [0.2, 0.25) is 0 Å². The quantitative estimate of drug-likeness (QED) is 0.747. The number of hydrogen-bond acceptors (Lipinski definition) is 5. The highest BCUT2D eigenvalue weighted by Crippen LogP contribution is 2.30. The SMILES string of the molecule is C[C@@H](Cn1cccn1)NCC(=O)NCCc1ccc2c(c1)OCCO2. The maximum Gasteiger partial charge on any atom is 0.233 e. The van der Waals surface area contributed by atoms with Crippen LogP contribution < -0.4 is 20.1 Å². The van der Waals surface area contributed by atoms with Crippen LogP contribution >= 0.6 is 0 Å². The number of carbonyl (C=O) groups excluding carboxylic acids is 1. The predicted molar refractivity (Wildman–Crippen MR) is 93.8 cm³/mol. The number of hydrogen-bond donors (Lipinski definition) is 2. The number of nitrogens with one attached hydrogen (secondary N) is 2. The Bertz CT molecular complexity index is 688. The van der Waals surface area contributed by atoms with Gasteiger partial charge in [-0.1, -0.05) is 6.07 Å². The molecule has 0 bridgehead atoms. The van der Waals surface area contributed by atoms with Crippen LogP contribution in [0.4, 0.5) is 0 Å². The Hall–Kier alpha value is -2.54. The Morgan fingerprint density at radius 2 is 2.16 bits per heavy atom. The fourth-order valence-corrected chi connectivity index (χ4v) is 2.67. The Balaban J connectivity index is 1.35. The maximum absolute atomic E-state index is 11.9. The number of aromatic nitrogens is 2. The Kier molecular flexibility index (Phi) is 5.90. The molecule has 0 radical (unpaired) electrons. The number of ether oxygens (including phenoxy) is 2. The lowest BCUT2D eigenvalue weighted by Crippen LogP contribution is -2.40. The molecule has 2 aromatic rings. The largest absolute Gasteiger partial charge is 0.486 e. The van der Waals surface area contributed by atoms with E-state index in [-0.39, 0.29) is 11.9 Å². The molecule has 1 atom stereocenters. The van der Waals surface area contributed by atoms with Crippen molar-refractivity contribution in [3.63, 3.8) is 0 Å². The van der Waals surface area contributed by atoms with Crippen molar-refractivity contribution in [3.05, 3.63) is 42.2 Å². The van der Waals surface area contributed by atoms with Gasteiger partial charge in [-0.3, -0.25) is 9.48 Å². The molecular weight excluding hydrogens is 320 g/mol. The molecule has 0 fully saturated rings. The molecule has 134 valence electrons. The smallest absolute Gasteiger partial charge is 0.233 e. The summed E-state index contributed by atoms with van der Waals surface area (Å²) in [6, 6.07) is 7.96. The van der Waals surface area contributed by atoms with Gasteiger partial charge in [0.2, 0.25) is 5.91 Å². The summed E-state index contributed by atoms with van der Waals surface area (Å²) in [5.74, 6) is 1.56. The van der Waals surface area contributed by atoms with E-state index in [1.54, 1.807) is 6.20 Å². The second-order valence-electron chi connectivity index (χ2n) is 6.09.